The Morgan fingerprint density at radius 1 is 1.52 bits per heavy atom. The number of methoxy groups -OCH3 is 1. The normalized spacial score (nSPS) is 27.5. The first-order valence-corrected chi connectivity index (χ1v) is 8.15. The standard InChI is InChI=1S/C17H25N3O3/c1-19(2)17(21)14-9-12-6-8-20(11-15(12)23-14)10-13-5-4-7-18-16(13)22-3/h4-5,7,12,14-15H,6,8-11H2,1-3H3/t12-,14+,15+/m1/s1. The summed E-state index contributed by atoms with van der Waals surface area (Å²) in [5.41, 5.74) is 1.09. The largest absolute Gasteiger partial charge is 0.481 e. The van der Waals surface area contributed by atoms with Gasteiger partial charge in [0.1, 0.15) is 6.10 Å². The minimum Gasteiger partial charge on any atom is -0.481 e. The molecule has 0 aliphatic carbocycles. The van der Waals surface area contributed by atoms with E-state index in [0.717, 1.165) is 38.0 Å². The quantitative estimate of drug-likeness (QED) is 0.833. The van der Waals surface area contributed by atoms with Gasteiger partial charge in [0, 0.05) is 38.9 Å². The van der Waals surface area contributed by atoms with E-state index in [0.29, 0.717) is 11.8 Å². The number of carbonyl (C=O) groups excluding carboxylic acids is 1. The highest BCUT2D eigenvalue weighted by molar-refractivity contribution is 5.80. The number of hydrogen-bond acceptors (Lipinski definition) is 5. The van der Waals surface area contributed by atoms with Crippen LogP contribution in [-0.4, -0.2) is 67.2 Å². The molecule has 3 rings (SSSR count). The SMILES string of the molecule is COc1ncccc1CN1CC[C@@H]2C[C@@H](C(=O)N(C)C)O[C@H]2C1. The van der Waals surface area contributed by atoms with E-state index < -0.39 is 0 Å². The first kappa shape index (κ1) is 16.2. The summed E-state index contributed by atoms with van der Waals surface area (Å²) in [6.45, 7) is 2.68. The molecule has 2 saturated heterocycles. The van der Waals surface area contributed by atoms with Gasteiger partial charge < -0.3 is 14.4 Å². The monoisotopic (exact) mass is 319 g/mol. The Bertz CT molecular complexity index is 564. The highest BCUT2D eigenvalue weighted by Gasteiger charge is 2.42. The number of ether oxygens (including phenoxy) is 2. The summed E-state index contributed by atoms with van der Waals surface area (Å²) >= 11 is 0. The number of piperidine rings is 1. The second kappa shape index (κ2) is 6.84. The molecule has 3 heterocycles. The van der Waals surface area contributed by atoms with Crippen LogP contribution >= 0.6 is 0 Å². The Balaban J connectivity index is 1.61. The van der Waals surface area contributed by atoms with Gasteiger partial charge in [-0.05, 0) is 31.4 Å². The number of likely N-dealkylation sites (tertiary alicyclic amines) is 1. The van der Waals surface area contributed by atoms with E-state index >= 15 is 0 Å². The lowest BCUT2D eigenvalue weighted by atomic mass is 9.91. The Hall–Kier alpha value is -1.66. The number of hydrogen-bond donors (Lipinski definition) is 0. The Kier molecular flexibility index (Phi) is 4.82. The summed E-state index contributed by atoms with van der Waals surface area (Å²) in [5.74, 6) is 1.26. The summed E-state index contributed by atoms with van der Waals surface area (Å²) < 4.78 is 11.4. The maximum absolute atomic E-state index is 12.1. The summed E-state index contributed by atoms with van der Waals surface area (Å²) in [6, 6.07) is 3.98. The number of nitrogens with zero attached hydrogens (tertiary/aromatic N) is 3. The van der Waals surface area contributed by atoms with Crippen molar-refractivity contribution >= 4 is 5.91 Å². The van der Waals surface area contributed by atoms with Crippen molar-refractivity contribution in [3.05, 3.63) is 23.9 Å². The van der Waals surface area contributed by atoms with Crippen LogP contribution in [0.4, 0.5) is 0 Å². The molecule has 23 heavy (non-hydrogen) atoms. The van der Waals surface area contributed by atoms with E-state index in [1.165, 1.54) is 0 Å². The summed E-state index contributed by atoms with van der Waals surface area (Å²) in [4.78, 5) is 20.4. The van der Waals surface area contributed by atoms with Gasteiger partial charge in [-0.2, -0.15) is 0 Å². The van der Waals surface area contributed by atoms with Gasteiger partial charge in [0.25, 0.3) is 5.91 Å². The second-order valence-electron chi connectivity index (χ2n) is 6.59. The maximum atomic E-state index is 12.1. The van der Waals surface area contributed by atoms with Crippen molar-refractivity contribution in [1.29, 1.82) is 0 Å². The fraction of sp³-hybridized carbons (Fsp3) is 0.647. The maximum Gasteiger partial charge on any atom is 0.251 e. The molecule has 3 atom stereocenters. The lowest BCUT2D eigenvalue weighted by molar-refractivity contribution is -0.141. The van der Waals surface area contributed by atoms with Crippen molar-refractivity contribution in [2.45, 2.75) is 31.6 Å². The minimum absolute atomic E-state index is 0.0832. The minimum atomic E-state index is -0.270. The summed E-state index contributed by atoms with van der Waals surface area (Å²) in [5, 5.41) is 0. The highest BCUT2D eigenvalue weighted by Crippen LogP contribution is 2.34. The van der Waals surface area contributed by atoms with Crippen LogP contribution in [0.25, 0.3) is 0 Å². The van der Waals surface area contributed by atoms with Crippen LogP contribution in [0.1, 0.15) is 18.4 Å². The van der Waals surface area contributed by atoms with Crippen LogP contribution in [0.2, 0.25) is 0 Å². The van der Waals surface area contributed by atoms with Gasteiger partial charge in [-0.1, -0.05) is 6.07 Å². The fourth-order valence-corrected chi connectivity index (χ4v) is 3.55. The molecule has 1 aromatic rings. The molecule has 126 valence electrons. The smallest absolute Gasteiger partial charge is 0.251 e. The van der Waals surface area contributed by atoms with Crippen LogP contribution in [0.5, 0.6) is 5.88 Å². The van der Waals surface area contributed by atoms with Crippen molar-refractivity contribution < 1.29 is 14.3 Å². The van der Waals surface area contributed by atoms with Gasteiger partial charge in [0.2, 0.25) is 5.88 Å². The average molecular weight is 319 g/mol. The zero-order valence-corrected chi connectivity index (χ0v) is 14.1. The number of carbonyl (C=O) groups is 1. The third-order valence-electron chi connectivity index (χ3n) is 4.79. The number of pyridine rings is 1. The number of amides is 1. The topological polar surface area (TPSA) is 54.9 Å². The molecule has 2 fully saturated rings. The fourth-order valence-electron chi connectivity index (χ4n) is 3.55. The zero-order valence-electron chi connectivity index (χ0n) is 14.1. The van der Waals surface area contributed by atoms with Gasteiger partial charge in [-0.15, -0.1) is 0 Å². The molecule has 0 aromatic carbocycles. The molecule has 0 N–H and O–H groups in total. The van der Waals surface area contributed by atoms with E-state index in [1.807, 2.05) is 12.1 Å². The van der Waals surface area contributed by atoms with Crippen LogP contribution in [0.15, 0.2) is 18.3 Å². The molecule has 0 radical (unpaired) electrons. The number of rotatable bonds is 4. The van der Waals surface area contributed by atoms with E-state index in [-0.39, 0.29) is 18.1 Å². The van der Waals surface area contributed by atoms with E-state index in [1.54, 1.807) is 32.3 Å². The third kappa shape index (κ3) is 3.48. The van der Waals surface area contributed by atoms with Gasteiger partial charge in [0.05, 0.1) is 13.2 Å². The van der Waals surface area contributed by atoms with Crippen molar-refractivity contribution in [1.82, 2.24) is 14.8 Å². The van der Waals surface area contributed by atoms with Crippen molar-refractivity contribution in [3.63, 3.8) is 0 Å². The van der Waals surface area contributed by atoms with Crippen molar-refractivity contribution in [2.75, 3.05) is 34.3 Å². The lowest BCUT2D eigenvalue weighted by Crippen LogP contribution is -2.42. The number of fused-ring (bicyclic) bond motifs is 1. The first-order valence-electron chi connectivity index (χ1n) is 8.15. The van der Waals surface area contributed by atoms with E-state index in [2.05, 4.69) is 9.88 Å². The molecule has 0 bridgehead atoms. The van der Waals surface area contributed by atoms with Gasteiger partial charge >= 0.3 is 0 Å². The third-order valence-corrected chi connectivity index (χ3v) is 4.79. The molecule has 1 aromatic heterocycles. The summed E-state index contributed by atoms with van der Waals surface area (Å²) in [7, 11) is 5.22. The average Bonchev–Trinajstić information content (AvgIpc) is 2.97. The molecular formula is C17H25N3O3. The molecule has 2 aliphatic rings. The second-order valence-corrected chi connectivity index (χ2v) is 6.59. The molecular weight excluding hydrogens is 294 g/mol. The molecule has 0 spiro atoms. The van der Waals surface area contributed by atoms with Crippen molar-refractivity contribution in [2.24, 2.45) is 5.92 Å². The lowest BCUT2D eigenvalue weighted by Gasteiger charge is -2.34. The van der Waals surface area contributed by atoms with E-state index in [4.69, 9.17) is 9.47 Å². The number of aromatic nitrogens is 1. The van der Waals surface area contributed by atoms with Crippen LogP contribution in [0, 0.1) is 5.92 Å². The summed E-state index contributed by atoms with van der Waals surface area (Å²) in [6.07, 6.45) is 3.55. The number of likely N-dealkylation sites (N-methyl/N-ethyl adjacent to an activating group) is 1. The molecule has 6 heteroatoms. The predicted octanol–water partition coefficient (Wildman–Crippen LogP) is 1.16. The predicted molar refractivity (Wildman–Crippen MR) is 86.1 cm³/mol. The van der Waals surface area contributed by atoms with Crippen LogP contribution < -0.4 is 4.74 Å². The van der Waals surface area contributed by atoms with Crippen LogP contribution in [0.3, 0.4) is 0 Å². The zero-order chi connectivity index (χ0) is 16.4. The highest BCUT2D eigenvalue weighted by atomic mass is 16.5. The first-order chi connectivity index (χ1) is 11.1. The van der Waals surface area contributed by atoms with E-state index in [9.17, 15) is 4.79 Å². The molecule has 6 nitrogen and oxygen atoms in total. The Morgan fingerprint density at radius 2 is 2.35 bits per heavy atom. The Labute approximate surface area is 137 Å². The van der Waals surface area contributed by atoms with Gasteiger partial charge in [-0.25, -0.2) is 4.98 Å². The molecule has 1 amide bonds. The molecule has 2 aliphatic heterocycles. The Morgan fingerprint density at radius 3 is 3.09 bits per heavy atom. The van der Waals surface area contributed by atoms with Crippen molar-refractivity contribution in [3.8, 4) is 5.88 Å². The van der Waals surface area contributed by atoms with Gasteiger partial charge in [-0.3, -0.25) is 9.69 Å². The van der Waals surface area contributed by atoms with Crippen LogP contribution in [-0.2, 0) is 16.1 Å². The van der Waals surface area contributed by atoms with Gasteiger partial charge in [0.15, 0.2) is 0 Å². The molecule has 0 unspecified atom stereocenters. The molecule has 0 saturated carbocycles.